The smallest absolute Gasteiger partial charge is 0.230 e. The van der Waals surface area contributed by atoms with Crippen LogP contribution in [0.5, 0.6) is 0 Å². The van der Waals surface area contributed by atoms with E-state index in [1.54, 1.807) is 0 Å². The van der Waals surface area contributed by atoms with Crippen LogP contribution in [0.1, 0.15) is 49.1 Å². The van der Waals surface area contributed by atoms with Gasteiger partial charge in [0.1, 0.15) is 5.82 Å². The van der Waals surface area contributed by atoms with Crippen molar-refractivity contribution >= 4 is 17.7 Å². The van der Waals surface area contributed by atoms with Gasteiger partial charge in [-0.15, -0.1) is 10.2 Å². The molecule has 2 aliphatic rings. The van der Waals surface area contributed by atoms with Crippen molar-refractivity contribution in [3.8, 4) is 0 Å². The molecule has 0 bridgehead atoms. The van der Waals surface area contributed by atoms with Crippen LogP contribution in [0.3, 0.4) is 0 Å². The maximum absolute atomic E-state index is 12.8. The number of carbonyl (C=O) groups is 1. The summed E-state index contributed by atoms with van der Waals surface area (Å²) < 4.78 is 2.18. The van der Waals surface area contributed by atoms with E-state index in [0.717, 1.165) is 50.0 Å². The highest BCUT2D eigenvalue weighted by Gasteiger charge is 2.38. The Morgan fingerprint density at radius 1 is 0.912 bits per heavy atom. The van der Waals surface area contributed by atoms with Crippen molar-refractivity contribution in [1.29, 1.82) is 0 Å². The molecule has 3 aromatic rings. The first-order valence-corrected chi connectivity index (χ1v) is 13.3. The van der Waals surface area contributed by atoms with Gasteiger partial charge in [-0.05, 0) is 49.9 Å². The first-order valence-electron chi connectivity index (χ1n) is 12.4. The molecule has 2 aromatic carbocycles. The summed E-state index contributed by atoms with van der Waals surface area (Å²) in [5.74, 6) is 1.38. The average molecular weight is 476 g/mol. The zero-order chi connectivity index (χ0) is 23.2. The van der Waals surface area contributed by atoms with Crippen molar-refractivity contribution in [3.63, 3.8) is 0 Å². The molecule has 1 aliphatic carbocycles. The van der Waals surface area contributed by atoms with E-state index in [0.29, 0.717) is 12.3 Å². The van der Waals surface area contributed by atoms with Crippen LogP contribution in [0.4, 0.5) is 0 Å². The fourth-order valence-corrected chi connectivity index (χ4v) is 5.81. The van der Waals surface area contributed by atoms with Crippen molar-refractivity contribution in [2.75, 3.05) is 25.4 Å². The van der Waals surface area contributed by atoms with Gasteiger partial charge in [0.05, 0.1) is 18.8 Å². The van der Waals surface area contributed by atoms with E-state index in [1.165, 1.54) is 42.2 Å². The van der Waals surface area contributed by atoms with Crippen LogP contribution >= 0.6 is 11.8 Å². The molecular formula is C27H33N5OS. The van der Waals surface area contributed by atoms with E-state index >= 15 is 0 Å². The molecule has 1 N–H and O–H groups in total. The number of nitrogens with one attached hydrogen (secondary N) is 1. The summed E-state index contributed by atoms with van der Waals surface area (Å²) in [6.07, 6.45) is 5.99. The molecule has 7 heteroatoms. The lowest BCUT2D eigenvalue weighted by atomic mass is 9.64. The number of hydrogen-bond acceptors (Lipinski definition) is 5. The zero-order valence-corrected chi connectivity index (χ0v) is 20.5. The second kappa shape index (κ2) is 10.7. The molecule has 5 rings (SSSR count). The number of likely N-dealkylation sites (tertiary alicyclic amines) is 1. The Labute approximate surface area is 206 Å². The Morgan fingerprint density at radius 3 is 2.29 bits per heavy atom. The molecule has 1 saturated heterocycles. The number of rotatable bonds is 10. The highest BCUT2D eigenvalue weighted by molar-refractivity contribution is 7.99. The molecular weight excluding hydrogens is 442 g/mol. The second-order valence-electron chi connectivity index (χ2n) is 9.52. The fraction of sp³-hybridized carbons (Fsp3) is 0.444. The average Bonchev–Trinajstić information content (AvgIpc) is 3.49. The molecule has 0 radical (unpaired) electrons. The van der Waals surface area contributed by atoms with Crippen LogP contribution in [-0.4, -0.2) is 51.0 Å². The zero-order valence-electron chi connectivity index (χ0n) is 19.7. The van der Waals surface area contributed by atoms with E-state index in [-0.39, 0.29) is 11.3 Å². The van der Waals surface area contributed by atoms with Crippen LogP contribution in [0.2, 0.25) is 0 Å². The normalized spacial score (nSPS) is 17.4. The summed E-state index contributed by atoms with van der Waals surface area (Å²) in [6, 6.07) is 21.0. The highest BCUT2D eigenvalue weighted by Crippen LogP contribution is 2.43. The Kier molecular flexibility index (Phi) is 7.30. The molecule has 34 heavy (non-hydrogen) atoms. The number of carbonyl (C=O) groups excluding carboxylic acids is 1. The van der Waals surface area contributed by atoms with Gasteiger partial charge in [-0.1, -0.05) is 78.8 Å². The molecule has 2 heterocycles. The van der Waals surface area contributed by atoms with Crippen LogP contribution in [0.25, 0.3) is 0 Å². The van der Waals surface area contributed by atoms with Crippen molar-refractivity contribution in [2.24, 2.45) is 0 Å². The summed E-state index contributed by atoms with van der Waals surface area (Å²) in [7, 11) is 0. The number of hydrogen-bond donors (Lipinski definition) is 1. The third kappa shape index (κ3) is 5.36. The number of benzene rings is 2. The number of thioether (sulfide) groups is 1. The van der Waals surface area contributed by atoms with E-state index in [2.05, 4.69) is 79.6 Å². The Bertz CT molecular complexity index is 1070. The summed E-state index contributed by atoms with van der Waals surface area (Å²) in [6.45, 7) is 4.47. The molecule has 1 amide bonds. The minimum Gasteiger partial charge on any atom is -0.354 e. The van der Waals surface area contributed by atoms with Gasteiger partial charge in [-0.3, -0.25) is 9.69 Å². The minimum absolute atomic E-state index is 0.0579. The lowest BCUT2D eigenvalue weighted by molar-refractivity contribution is -0.119. The Morgan fingerprint density at radius 2 is 1.62 bits per heavy atom. The lowest BCUT2D eigenvalue weighted by Crippen LogP contribution is -2.46. The molecule has 0 unspecified atom stereocenters. The summed E-state index contributed by atoms with van der Waals surface area (Å²) in [5, 5.41) is 13.0. The van der Waals surface area contributed by atoms with Crippen LogP contribution in [0, 0.1) is 0 Å². The lowest BCUT2D eigenvalue weighted by Gasteiger charge is -2.42. The standard InChI is InChI=1S/C27H33N5OS/c33-25(28-21-27(14-9-15-27)23-12-5-2-6-13-23)20-34-26-30-29-24(19-31-16-7-8-17-31)32(26)18-22-10-3-1-4-11-22/h1-6,10-13H,7-9,14-21H2,(H,28,33). The van der Waals surface area contributed by atoms with Crippen LogP contribution < -0.4 is 5.32 Å². The molecule has 1 aliphatic heterocycles. The van der Waals surface area contributed by atoms with Gasteiger partial charge in [0.25, 0.3) is 0 Å². The highest BCUT2D eigenvalue weighted by atomic mass is 32.2. The molecule has 178 valence electrons. The molecule has 0 atom stereocenters. The first kappa shape index (κ1) is 23.1. The van der Waals surface area contributed by atoms with Gasteiger partial charge in [-0.25, -0.2) is 0 Å². The van der Waals surface area contributed by atoms with Gasteiger partial charge in [0, 0.05) is 12.0 Å². The Hall–Kier alpha value is -2.64. The quantitative estimate of drug-likeness (QED) is 0.444. The van der Waals surface area contributed by atoms with Crippen molar-refractivity contribution in [2.45, 2.75) is 55.8 Å². The second-order valence-corrected chi connectivity index (χ2v) is 10.5. The molecule has 6 nitrogen and oxygen atoms in total. The first-order chi connectivity index (χ1) is 16.7. The van der Waals surface area contributed by atoms with E-state index < -0.39 is 0 Å². The molecule has 2 fully saturated rings. The van der Waals surface area contributed by atoms with Crippen molar-refractivity contribution < 1.29 is 4.79 Å². The summed E-state index contributed by atoms with van der Waals surface area (Å²) in [4.78, 5) is 15.2. The van der Waals surface area contributed by atoms with Crippen LogP contribution in [0.15, 0.2) is 65.8 Å². The van der Waals surface area contributed by atoms with Gasteiger partial charge in [0.15, 0.2) is 5.16 Å². The number of nitrogens with zero attached hydrogens (tertiary/aromatic N) is 4. The molecule has 1 saturated carbocycles. The van der Waals surface area contributed by atoms with E-state index in [1.807, 2.05) is 6.07 Å². The summed E-state index contributed by atoms with van der Waals surface area (Å²) >= 11 is 1.48. The fourth-order valence-electron chi connectivity index (χ4n) is 5.02. The van der Waals surface area contributed by atoms with E-state index in [9.17, 15) is 4.79 Å². The maximum Gasteiger partial charge on any atom is 0.230 e. The van der Waals surface area contributed by atoms with Crippen LogP contribution in [-0.2, 0) is 23.3 Å². The van der Waals surface area contributed by atoms with Crippen molar-refractivity contribution in [3.05, 3.63) is 77.6 Å². The van der Waals surface area contributed by atoms with Gasteiger partial charge in [0.2, 0.25) is 5.91 Å². The topological polar surface area (TPSA) is 63.1 Å². The van der Waals surface area contributed by atoms with E-state index in [4.69, 9.17) is 0 Å². The molecule has 1 aromatic heterocycles. The molecule has 0 spiro atoms. The largest absolute Gasteiger partial charge is 0.354 e. The monoisotopic (exact) mass is 475 g/mol. The predicted molar refractivity (Wildman–Crippen MR) is 136 cm³/mol. The third-order valence-electron chi connectivity index (χ3n) is 7.19. The van der Waals surface area contributed by atoms with Crippen molar-refractivity contribution in [1.82, 2.24) is 25.0 Å². The summed E-state index contributed by atoms with van der Waals surface area (Å²) in [5.41, 5.74) is 2.65. The number of amides is 1. The third-order valence-corrected chi connectivity index (χ3v) is 8.16. The maximum atomic E-state index is 12.8. The SMILES string of the molecule is O=C(CSc1nnc(CN2CCCC2)n1Cc1ccccc1)NCC1(c2ccccc2)CCC1. The predicted octanol–water partition coefficient (Wildman–Crippen LogP) is 4.25. The number of aromatic nitrogens is 3. The minimum atomic E-state index is 0.0579. The van der Waals surface area contributed by atoms with Gasteiger partial charge >= 0.3 is 0 Å². The Balaban J connectivity index is 1.22. The van der Waals surface area contributed by atoms with Gasteiger partial charge < -0.3 is 9.88 Å². The van der Waals surface area contributed by atoms with Gasteiger partial charge in [-0.2, -0.15) is 0 Å².